The molecule has 0 fully saturated rings. The average molecular weight is 155 g/mol. The van der Waals surface area contributed by atoms with E-state index in [1.54, 1.807) is 0 Å². The molecule has 0 radical (unpaired) electrons. The van der Waals surface area contributed by atoms with Crippen molar-refractivity contribution in [1.82, 2.24) is 0 Å². The Morgan fingerprint density at radius 3 is 2.45 bits per heavy atom. The number of hydrogen-bond donors (Lipinski definition) is 0. The second-order valence-electron chi connectivity index (χ2n) is 3.19. The molecule has 0 aliphatic rings. The van der Waals surface area contributed by atoms with Gasteiger partial charge in [-0.1, -0.05) is 13.8 Å². The van der Waals surface area contributed by atoms with Crippen LogP contribution in [0, 0.1) is 12.5 Å². The minimum Gasteiger partial charge on any atom is -0.371 e. The van der Waals surface area contributed by atoms with E-state index in [4.69, 9.17) is 11.3 Å². The molecule has 0 saturated heterocycles. The molecule has 0 bridgehead atoms. The molecule has 64 valence electrons. The van der Waals surface area contributed by atoms with Crippen LogP contribution in [0.2, 0.25) is 0 Å². The molecule has 0 aliphatic carbocycles. The Labute approximate surface area is 69.4 Å². The monoisotopic (exact) mass is 155 g/mol. The van der Waals surface area contributed by atoms with Crippen LogP contribution in [0.1, 0.15) is 27.2 Å². The summed E-state index contributed by atoms with van der Waals surface area (Å²) in [5, 5.41) is 0. The minimum atomic E-state index is 0.303. The van der Waals surface area contributed by atoms with E-state index in [9.17, 15) is 0 Å². The molecule has 0 aliphatic heterocycles. The van der Waals surface area contributed by atoms with Crippen LogP contribution in [0.3, 0.4) is 0 Å². The van der Waals surface area contributed by atoms with E-state index in [-0.39, 0.29) is 0 Å². The predicted molar refractivity (Wildman–Crippen MR) is 46.3 cm³/mol. The maximum atomic E-state index is 6.53. The third-order valence-corrected chi connectivity index (χ3v) is 1.41. The van der Waals surface area contributed by atoms with Crippen molar-refractivity contribution in [2.45, 2.75) is 33.3 Å². The topological polar surface area (TPSA) is 13.6 Å². The van der Waals surface area contributed by atoms with Crippen molar-refractivity contribution in [3.63, 3.8) is 0 Å². The van der Waals surface area contributed by atoms with Gasteiger partial charge in [-0.05, 0) is 19.3 Å². The largest absolute Gasteiger partial charge is 0.371 e. The lowest BCUT2D eigenvalue weighted by atomic mass is 10.1. The summed E-state index contributed by atoms with van der Waals surface area (Å²) in [7, 11) is 0. The van der Waals surface area contributed by atoms with Gasteiger partial charge in [-0.15, -0.1) is 0 Å². The molecule has 0 N–H and O–H groups in total. The van der Waals surface area contributed by atoms with Crippen LogP contribution < -0.4 is 0 Å². The summed E-state index contributed by atoms with van der Waals surface area (Å²) in [5.41, 5.74) is 0. The van der Waals surface area contributed by atoms with Crippen molar-refractivity contribution in [2.24, 2.45) is 5.92 Å². The van der Waals surface area contributed by atoms with Gasteiger partial charge in [-0.2, -0.15) is 0 Å². The van der Waals surface area contributed by atoms with Gasteiger partial charge in [0.15, 0.2) is 0 Å². The van der Waals surface area contributed by atoms with Crippen molar-refractivity contribution in [3.8, 4) is 0 Å². The van der Waals surface area contributed by atoms with E-state index in [0.717, 1.165) is 6.42 Å². The van der Waals surface area contributed by atoms with Gasteiger partial charge in [0.2, 0.25) is 6.54 Å². The Kier molecular flexibility index (Phi) is 5.87. The fraction of sp³-hybridized carbons (Fsp3) is 0.889. The molecule has 1 unspecified atom stereocenters. The fourth-order valence-electron chi connectivity index (χ4n) is 1.03. The van der Waals surface area contributed by atoms with E-state index in [0.29, 0.717) is 25.2 Å². The molecule has 0 heterocycles. The average Bonchev–Trinajstić information content (AvgIpc) is 1.86. The summed E-state index contributed by atoms with van der Waals surface area (Å²) >= 11 is 0. The van der Waals surface area contributed by atoms with Gasteiger partial charge < -0.3 is 9.58 Å². The minimum absolute atomic E-state index is 0.303. The van der Waals surface area contributed by atoms with E-state index in [2.05, 4.69) is 25.6 Å². The van der Waals surface area contributed by atoms with Crippen molar-refractivity contribution >= 4 is 0 Å². The number of rotatable bonds is 5. The molecule has 0 aromatic carbocycles. The first-order valence-electron chi connectivity index (χ1n) is 4.11. The molecule has 0 aromatic heterocycles. The van der Waals surface area contributed by atoms with E-state index >= 15 is 0 Å². The summed E-state index contributed by atoms with van der Waals surface area (Å²) in [6.07, 6.45) is 1.38. The van der Waals surface area contributed by atoms with Crippen LogP contribution >= 0.6 is 0 Å². The Hall–Kier alpha value is -0.550. The Morgan fingerprint density at radius 2 is 2.00 bits per heavy atom. The summed E-state index contributed by atoms with van der Waals surface area (Å²) in [4.78, 5) is 3.21. The van der Waals surface area contributed by atoms with Crippen LogP contribution in [0.25, 0.3) is 4.85 Å². The normalized spacial score (nSPS) is 13.0. The standard InChI is InChI=1S/C9H17NO/c1-8(2)7-9(3)11-6-5-10-4/h8-9H,5-7H2,1-3H3. The maximum Gasteiger partial charge on any atom is 0.237 e. The lowest BCUT2D eigenvalue weighted by Gasteiger charge is -2.12. The summed E-state index contributed by atoms with van der Waals surface area (Å²) in [6.45, 7) is 14.0. The second kappa shape index (κ2) is 6.18. The van der Waals surface area contributed by atoms with Gasteiger partial charge in [0.05, 0.1) is 6.10 Å². The van der Waals surface area contributed by atoms with E-state index in [1.807, 2.05) is 0 Å². The molecule has 0 spiro atoms. The molecular formula is C9H17NO. The molecule has 0 aromatic rings. The van der Waals surface area contributed by atoms with Crippen molar-refractivity contribution in [2.75, 3.05) is 13.2 Å². The van der Waals surface area contributed by atoms with Crippen LogP contribution in [-0.4, -0.2) is 19.3 Å². The number of ether oxygens (including phenoxy) is 1. The molecule has 0 saturated carbocycles. The highest BCUT2D eigenvalue weighted by Crippen LogP contribution is 2.06. The summed E-state index contributed by atoms with van der Waals surface area (Å²) in [6, 6.07) is 0. The smallest absolute Gasteiger partial charge is 0.237 e. The zero-order chi connectivity index (χ0) is 8.69. The van der Waals surface area contributed by atoms with Crippen molar-refractivity contribution < 1.29 is 4.74 Å². The van der Waals surface area contributed by atoms with Gasteiger partial charge >= 0.3 is 0 Å². The highest BCUT2D eigenvalue weighted by atomic mass is 16.5. The highest BCUT2D eigenvalue weighted by molar-refractivity contribution is 4.59. The van der Waals surface area contributed by atoms with Gasteiger partial charge in [0, 0.05) is 0 Å². The van der Waals surface area contributed by atoms with Gasteiger partial charge in [-0.3, -0.25) is 0 Å². The van der Waals surface area contributed by atoms with Gasteiger partial charge in [-0.25, -0.2) is 6.57 Å². The molecule has 11 heavy (non-hydrogen) atoms. The van der Waals surface area contributed by atoms with Gasteiger partial charge in [0.25, 0.3) is 0 Å². The van der Waals surface area contributed by atoms with Crippen LogP contribution in [0.5, 0.6) is 0 Å². The Bertz CT molecular complexity index is 126. The molecule has 1 atom stereocenters. The Morgan fingerprint density at radius 1 is 1.36 bits per heavy atom. The quantitative estimate of drug-likeness (QED) is 0.439. The predicted octanol–water partition coefficient (Wildman–Crippen LogP) is 2.36. The first-order valence-corrected chi connectivity index (χ1v) is 4.11. The lowest BCUT2D eigenvalue weighted by molar-refractivity contribution is 0.0603. The van der Waals surface area contributed by atoms with E-state index in [1.165, 1.54) is 0 Å². The molecule has 2 heteroatoms. The fourth-order valence-corrected chi connectivity index (χ4v) is 1.03. The van der Waals surface area contributed by atoms with Crippen molar-refractivity contribution in [3.05, 3.63) is 11.4 Å². The zero-order valence-electron chi connectivity index (χ0n) is 7.63. The van der Waals surface area contributed by atoms with Crippen LogP contribution in [0.15, 0.2) is 0 Å². The molecular weight excluding hydrogens is 138 g/mol. The third kappa shape index (κ3) is 7.35. The molecule has 0 rings (SSSR count). The lowest BCUT2D eigenvalue weighted by Crippen LogP contribution is -2.12. The molecule has 2 nitrogen and oxygen atoms in total. The second-order valence-corrected chi connectivity index (χ2v) is 3.19. The third-order valence-electron chi connectivity index (χ3n) is 1.41. The number of hydrogen-bond acceptors (Lipinski definition) is 1. The SMILES string of the molecule is [C-]#[N+]CCOC(C)CC(C)C. The maximum absolute atomic E-state index is 6.53. The van der Waals surface area contributed by atoms with Crippen molar-refractivity contribution in [1.29, 1.82) is 0 Å². The first-order chi connectivity index (χ1) is 5.16. The zero-order valence-corrected chi connectivity index (χ0v) is 7.63. The van der Waals surface area contributed by atoms with Gasteiger partial charge in [0.1, 0.15) is 6.61 Å². The number of nitrogens with zero attached hydrogens (tertiary/aromatic N) is 1. The summed E-state index contributed by atoms with van der Waals surface area (Å²) < 4.78 is 5.38. The Balaban J connectivity index is 3.24. The molecule has 0 amide bonds. The first kappa shape index (κ1) is 10.4. The highest BCUT2D eigenvalue weighted by Gasteiger charge is 2.04. The van der Waals surface area contributed by atoms with E-state index < -0.39 is 0 Å². The van der Waals surface area contributed by atoms with Crippen LogP contribution in [-0.2, 0) is 4.74 Å². The summed E-state index contributed by atoms with van der Waals surface area (Å²) in [5.74, 6) is 0.679. The van der Waals surface area contributed by atoms with Crippen LogP contribution in [0.4, 0.5) is 0 Å².